The molecule has 2 aromatic carbocycles. The number of hydrogen-bond acceptors (Lipinski definition) is 5. The summed E-state index contributed by atoms with van der Waals surface area (Å²) in [7, 11) is 0. The van der Waals surface area contributed by atoms with Crippen molar-refractivity contribution in [1.82, 2.24) is 10.4 Å². The van der Waals surface area contributed by atoms with E-state index in [4.69, 9.17) is 0 Å². The van der Waals surface area contributed by atoms with Crippen LogP contribution in [0.5, 0.6) is 5.75 Å². The molecule has 1 amide bonds. The number of nitrogens with zero attached hydrogens (tertiary/aromatic N) is 2. The van der Waals surface area contributed by atoms with Crippen LogP contribution in [-0.2, 0) is 4.79 Å². The third kappa shape index (κ3) is 4.36. The number of hydrogen-bond donors (Lipinski definition) is 2. The van der Waals surface area contributed by atoms with Crippen molar-refractivity contribution < 1.29 is 9.90 Å². The number of rotatable bonds is 5. The molecule has 25 heavy (non-hydrogen) atoms. The van der Waals surface area contributed by atoms with Crippen LogP contribution in [0.2, 0.25) is 0 Å². The lowest BCUT2D eigenvalue weighted by molar-refractivity contribution is -0.118. The van der Waals surface area contributed by atoms with Gasteiger partial charge < -0.3 is 5.11 Å². The highest BCUT2D eigenvalue weighted by Crippen LogP contribution is 2.27. The van der Waals surface area contributed by atoms with Gasteiger partial charge in [0, 0.05) is 21.5 Å². The Balaban J connectivity index is 1.62. The highest BCUT2D eigenvalue weighted by Gasteiger charge is 2.07. The second-order valence-electron chi connectivity index (χ2n) is 5.42. The van der Waals surface area contributed by atoms with Crippen LogP contribution in [0.3, 0.4) is 0 Å². The molecule has 0 aliphatic carbocycles. The number of benzene rings is 2. The summed E-state index contributed by atoms with van der Waals surface area (Å²) < 4.78 is 0. The van der Waals surface area contributed by atoms with E-state index in [1.54, 1.807) is 24.3 Å². The van der Waals surface area contributed by atoms with Gasteiger partial charge in [0.2, 0.25) is 5.91 Å². The first-order valence-electron chi connectivity index (χ1n) is 7.72. The molecule has 0 unspecified atom stereocenters. The Bertz CT molecular complexity index is 941. The van der Waals surface area contributed by atoms with Gasteiger partial charge in [0.25, 0.3) is 0 Å². The number of amides is 1. The number of para-hydroxylation sites is 2. The molecule has 0 aliphatic rings. The number of aryl methyl sites for hydroxylation is 1. The van der Waals surface area contributed by atoms with Gasteiger partial charge in [-0.25, -0.2) is 5.43 Å². The Morgan fingerprint density at radius 1 is 1.24 bits per heavy atom. The Morgan fingerprint density at radius 3 is 2.84 bits per heavy atom. The number of nitrogens with one attached hydrogen (secondary N) is 1. The minimum absolute atomic E-state index is 0.119. The first kappa shape index (κ1) is 17.0. The van der Waals surface area contributed by atoms with Crippen LogP contribution >= 0.6 is 11.8 Å². The Kier molecular flexibility index (Phi) is 5.30. The maximum absolute atomic E-state index is 12.0. The van der Waals surface area contributed by atoms with Crippen molar-refractivity contribution in [3.63, 3.8) is 0 Å². The van der Waals surface area contributed by atoms with Crippen LogP contribution in [0.1, 0.15) is 11.3 Å². The molecule has 0 aliphatic heterocycles. The zero-order chi connectivity index (χ0) is 17.6. The van der Waals surface area contributed by atoms with Crippen molar-refractivity contribution in [2.45, 2.75) is 11.8 Å². The quantitative estimate of drug-likeness (QED) is 0.419. The third-order valence-corrected chi connectivity index (χ3v) is 4.55. The molecule has 0 spiro atoms. The molecule has 0 bridgehead atoms. The number of carbonyl (C=O) groups excluding carboxylic acids is 1. The van der Waals surface area contributed by atoms with Crippen molar-refractivity contribution in [1.29, 1.82) is 0 Å². The van der Waals surface area contributed by atoms with Gasteiger partial charge in [-0.3, -0.25) is 9.78 Å². The van der Waals surface area contributed by atoms with Crippen LogP contribution in [0.4, 0.5) is 0 Å². The van der Waals surface area contributed by atoms with Gasteiger partial charge in [-0.2, -0.15) is 5.10 Å². The van der Waals surface area contributed by atoms with Crippen LogP contribution in [0.25, 0.3) is 10.9 Å². The van der Waals surface area contributed by atoms with Crippen molar-refractivity contribution in [2.75, 3.05) is 5.75 Å². The number of fused-ring (bicyclic) bond motifs is 1. The Morgan fingerprint density at radius 2 is 2.00 bits per heavy atom. The first-order valence-corrected chi connectivity index (χ1v) is 8.71. The summed E-state index contributed by atoms with van der Waals surface area (Å²) in [5.74, 6) is 0.148. The van der Waals surface area contributed by atoms with Crippen molar-refractivity contribution in [3.8, 4) is 5.75 Å². The number of aromatic nitrogens is 1. The van der Waals surface area contributed by atoms with Crippen molar-refractivity contribution >= 4 is 34.8 Å². The standard InChI is InChI=1S/C19H17N3O2S/c1-13-10-18(15-7-3-4-8-16(15)21-13)25-12-19(24)22-20-11-14-6-2-5-9-17(14)23/h2-11,23H,12H2,1H3,(H,22,24)/b20-11-. The van der Waals surface area contributed by atoms with E-state index in [2.05, 4.69) is 15.5 Å². The Hall–Kier alpha value is -2.86. The molecule has 3 aromatic rings. The van der Waals surface area contributed by atoms with E-state index in [9.17, 15) is 9.90 Å². The number of hydrazone groups is 1. The van der Waals surface area contributed by atoms with Gasteiger partial charge in [-0.15, -0.1) is 11.8 Å². The summed E-state index contributed by atoms with van der Waals surface area (Å²) in [6, 6.07) is 16.6. The van der Waals surface area contributed by atoms with Crippen molar-refractivity contribution in [3.05, 3.63) is 65.9 Å². The normalized spacial score (nSPS) is 11.1. The first-order chi connectivity index (χ1) is 12.1. The average molecular weight is 351 g/mol. The lowest BCUT2D eigenvalue weighted by atomic mass is 10.2. The van der Waals surface area contributed by atoms with Gasteiger partial charge in [-0.1, -0.05) is 30.3 Å². The molecule has 126 valence electrons. The summed E-state index contributed by atoms with van der Waals surface area (Å²) in [4.78, 5) is 17.5. The summed E-state index contributed by atoms with van der Waals surface area (Å²) in [6.45, 7) is 1.94. The average Bonchev–Trinajstić information content (AvgIpc) is 2.61. The fraction of sp³-hybridized carbons (Fsp3) is 0.105. The van der Waals surface area contributed by atoms with Crippen LogP contribution in [0.15, 0.2) is 64.6 Å². The molecule has 2 N–H and O–H groups in total. The molecule has 3 rings (SSSR count). The SMILES string of the molecule is Cc1cc(SCC(=O)N/N=C\c2ccccc2O)c2ccccc2n1. The van der Waals surface area contributed by atoms with Gasteiger partial charge in [0.15, 0.2) is 0 Å². The molecule has 0 saturated carbocycles. The van der Waals surface area contributed by atoms with Gasteiger partial charge in [0.05, 0.1) is 17.5 Å². The molecule has 1 aromatic heterocycles. The van der Waals surface area contributed by atoms with Crippen LogP contribution < -0.4 is 5.43 Å². The van der Waals surface area contributed by atoms with Gasteiger partial charge in [0.1, 0.15) is 5.75 Å². The minimum Gasteiger partial charge on any atom is -0.507 e. The molecular weight excluding hydrogens is 334 g/mol. The van der Waals surface area contributed by atoms with Gasteiger partial charge >= 0.3 is 0 Å². The molecule has 5 nitrogen and oxygen atoms in total. The molecule has 0 radical (unpaired) electrons. The molecular formula is C19H17N3O2S. The van der Waals surface area contributed by atoms with E-state index in [1.807, 2.05) is 37.3 Å². The van der Waals surface area contributed by atoms with E-state index < -0.39 is 0 Å². The maximum Gasteiger partial charge on any atom is 0.250 e. The monoisotopic (exact) mass is 351 g/mol. The third-order valence-electron chi connectivity index (χ3n) is 3.49. The zero-order valence-corrected chi connectivity index (χ0v) is 14.5. The second-order valence-corrected chi connectivity index (χ2v) is 6.44. The largest absolute Gasteiger partial charge is 0.507 e. The highest BCUT2D eigenvalue weighted by atomic mass is 32.2. The minimum atomic E-state index is -0.213. The maximum atomic E-state index is 12.0. The van der Waals surface area contributed by atoms with Gasteiger partial charge in [-0.05, 0) is 31.2 Å². The molecule has 0 saturated heterocycles. The molecule has 0 atom stereocenters. The summed E-state index contributed by atoms with van der Waals surface area (Å²) >= 11 is 1.45. The zero-order valence-electron chi connectivity index (χ0n) is 13.6. The highest BCUT2D eigenvalue weighted by molar-refractivity contribution is 8.00. The number of thioether (sulfide) groups is 1. The van der Waals surface area contributed by atoms with Crippen molar-refractivity contribution in [2.24, 2.45) is 5.10 Å². The van der Waals surface area contributed by atoms with E-state index in [0.717, 1.165) is 21.5 Å². The number of aromatic hydroxyl groups is 1. The number of pyridine rings is 1. The van der Waals surface area contributed by atoms with Crippen LogP contribution in [0, 0.1) is 6.92 Å². The molecule has 0 fully saturated rings. The summed E-state index contributed by atoms with van der Waals surface area (Å²) in [6.07, 6.45) is 1.42. The number of phenols is 1. The smallest absolute Gasteiger partial charge is 0.250 e. The van der Waals surface area contributed by atoms with E-state index in [1.165, 1.54) is 18.0 Å². The summed E-state index contributed by atoms with van der Waals surface area (Å²) in [5.41, 5.74) is 4.86. The lowest BCUT2D eigenvalue weighted by Crippen LogP contribution is -2.19. The predicted molar refractivity (Wildman–Crippen MR) is 101 cm³/mol. The predicted octanol–water partition coefficient (Wildman–Crippen LogP) is 3.49. The second kappa shape index (κ2) is 7.81. The topological polar surface area (TPSA) is 74.6 Å². The van der Waals surface area contributed by atoms with Crippen LogP contribution in [-0.4, -0.2) is 28.0 Å². The Labute approximate surface area is 149 Å². The number of phenolic OH excluding ortho intramolecular Hbond substituents is 1. The van der Waals surface area contributed by atoms with E-state index in [-0.39, 0.29) is 17.4 Å². The van der Waals surface area contributed by atoms with E-state index >= 15 is 0 Å². The lowest BCUT2D eigenvalue weighted by Gasteiger charge is -2.07. The fourth-order valence-electron chi connectivity index (χ4n) is 2.33. The fourth-order valence-corrected chi connectivity index (χ4v) is 3.27. The number of carbonyl (C=O) groups is 1. The van der Waals surface area contributed by atoms with E-state index in [0.29, 0.717) is 5.56 Å². The molecule has 1 heterocycles. The summed E-state index contributed by atoms with van der Waals surface area (Å²) in [5, 5.41) is 14.6. The molecule has 6 heteroatoms.